The quantitative estimate of drug-likeness (QED) is 0.624. The van der Waals surface area contributed by atoms with E-state index in [2.05, 4.69) is 20.3 Å². The first-order valence-electron chi connectivity index (χ1n) is 10.7. The minimum Gasteiger partial charge on any atom is -0.349 e. The lowest BCUT2D eigenvalue weighted by atomic mass is 9.96. The third kappa shape index (κ3) is 2.36. The molecule has 2 aliphatic carbocycles. The second kappa shape index (κ2) is 5.56. The molecule has 3 fully saturated rings. The lowest BCUT2D eigenvalue weighted by Crippen LogP contribution is -2.37. The predicted molar refractivity (Wildman–Crippen MR) is 107 cm³/mol. The molecule has 1 saturated heterocycles. The summed E-state index contributed by atoms with van der Waals surface area (Å²) in [5.74, 6) is 1.51. The van der Waals surface area contributed by atoms with Crippen LogP contribution in [0.5, 0.6) is 0 Å². The minimum atomic E-state index is -0.293. The summed E-state index contributed by atoms with van der Waals surface area (Å²) in [6.45, 7) is 0.897. The molecule has 0 unspecified atom stereocenters. The number of fused-ring (bicyclic) bond motifs is 7. The van der Waals surface area contributed by atoms with Crippen molar-refractivity contribution >= 4 is 17.4 Å². The van der Waals surface area contributed by atoms with Crippen LogP contribution in [0.2, 0.25) is 0 Å². The van der Waals surface area contributed by atoms with E-state index in [0.717, 1.165) is 49.3 Å². The van der Waals surface area contributed by atoms with E-state index in [4.69, 9.17) is 4.98 Å². The summed E-state index contributed by atoms with van der Waals surface area (Å²) in [6, 6.07) is 3.68. The number of aryl methyl sites for hydroxylation is 1. The Hall–Kier alpha value is -3.03. The van der Waals surface area contributed by atoms with E-state index in [1.807, 2.05) is 12.3 Å². The molecule has 8 heteroatoms. The zero-order valence-corrected chi connectivity index (χ0v) is 16.4. The van der Waals surface area contributed by atoms with Crippen molar-refractivity contribution in [3.63, 3.8) is 0 Å². The number of nitrogens with one attached hydrogen (secondary N) is 1. The molecule has 2 bridgehead atoms. The summed E-state index contributed by atoms with van der Waals surface area (Å²) in [6.07, 6.45) is 9.38. The Morgan fingerprint density at radius 2 is 2.13 bits per heavy atom. The van der Waals surface area contributed by atoms with Gasteiger partial charge in [-0.1, -0.05) is 0 Å². The van der Waals surface area contributed by atoms with Crippen molar-refractivity contribution in [3.05, 3.63) is 53.4 Å². The fraction of sp³-hybridized carbons (Fsp3) is 0.455. The highest BCUT2D eigenvalue weighted by atomic mass is 19.1. The Bertz CT molecular complexity index is 1220. The van der Waals surface area contributed by atoms with E-state index in [-0.39, 0.29) is 23.3 Å². The monoisotopic (exact) mass is 404 g/mol. The average Bonchev–Trinajstić information content (AvgIpc) is 3.60. The maximum absolute atomic E-state index is 14.3. The van der Waals surface area contributed by atoms with Crippen molar-refractivity contribution in [1.82, 2.24) is 24.9 Å². The highest BCUT2D eigenvalue weighted by molar-refractivity contribution is 6.00. The van der Waals surface area contributed by atoms with Crippen LogP contribution in [-0.4, -0.2) is 37.6 Å². The first-order valence-corrected chi connectivity index (χ1v) is 10.7. The maximum Gasteiger partial charge on any atom is 0.257 e. The van der Waals surface area contributed by atoms with Crippen LogP contribution in [0.15, 0.2) is 30.7 Å². The summed E-state index contributed by atoms with van der Waals surface area (Å²) in [7, 11) is 0. The van der Waals surface area contributed by atoms with Crippen LogP contribution in [0.3, 0.4) is 0 Å². The fourth-order valence-corrected chi connectivity index (χ4v) is 5.48. The number of carbonyl (C=O) groups excluding carboxylic acids is 1. The minimum absolute atomic E-state index is 0.0779. The normalized spacial score (nSPS) is 28.2. The molecule has 7 nitrogen and oxygen atoms in total. The van der Waals surface area contributed by atoms with Crippen molar-refractivity contribution < 1.29 is 9.18 Å². The van der Waals surface area contributed by atoms with E-state index < -0.39 is 0 Å². The van der Waals surface area contributed by atoms with E-state index in [1.165, 1.54) is 12.6 Å². The number of aromatic nitrogens is 4. The molecule has 30 heavy (non-hydrogen) atoms. The second-order valence-corrected chi connectivity index (χ2v) is 9.29. The number of hydrogen-bond donors (Lipinski definition) is 1. The van der Waals surface area contributed by atoms with Crippen LogP contribution in [0.25, 0.3) is 5.65 Å². The van der Waals surface area contributed by atoms with Gasteiger partial charge in [0.1, 0.15) is 17.2 Å². The summed E-state index contributed by atoms with van der Waals surface area (Å²) in [5.41, 5.74) is 2.79. The maximum atomic E-state index is 14.3. The predicted octanol–water partition coefficient (Wildman–Crippen LogP) is 2.67. The molecule has 3 aromatic rings. The zero-order valence-electron chi connectivity index (χ0n) is 16.4. The van der Waals surface area contributed by atoms with Crippen molar-refractivity contribution in [1.29, 1.82) is 0 Å². The van der Waals surface area contributed by atoms with Gasteiger partial charge in [0.2, 0.25) is 0 Å². The van der Waals surface area contributed by atoms with Crippen LogP contribution in [-0.2, 0) is 6.42 Å². The SMILES string of the molecule is O=C1NC2(CCc3ncc(F)cc3[C@@H]3[C@H]4C[C@H]4CN3c3ccn4ncc1c4n3)CC2. The number of piperidine rings is 1. The molecule has 152 valence electrons. The van der Waals surface area contributed by atoms with E-state index >= 15 is 0 Å². The Morgan fingerprint density at radius 1 is 1.23 bits per heavy atom. The van der Waals surface area contributed by atoms with Crippen molar-refractivity contribution in [2.75, 3.05) is 11.4 Å². The fourth-order valence-electron chi connectivity index (χ4n) is 5.48. The van der Waals surface area contributed by atoms with Crippen molar-refractivity contribution in [2.24, 2.45) is 11.8 Å². The van der Waals surface area contributed by atoms with Gasteiger partial charge in [0.25, 0.3) is 5.91 Å². The molecular weight excluding hydrogens is 383 g/mol. The highest BCUT2D eigenvalue weighted by Crippen LogP contribution is 2.58. The standard InChI is InChI=1S/C22H21FN6O/c23-13-8-15-17(24-9-13)1-3-22(4-5-22)27-21(30)16-10-25-29-6-2-18(26-20(16)29)28-11-12-7-14(12)19(15)28/h2,6,8-10,12,14,19H,1,3-5,7,11H2,(H,27,30)/t12-,14-,19-/m0/s1. The molecule has 3 atom stereocenters. The van der Waals surface area contributed by atoms with Crippen LogP contribution < -0.4 is 10.2 Å². The number of hydrogen-bond acceptors (Lipinski definition) is 5. The largest absolute Gasteiger partial charge is 0.349 e. The molecule has 0 aromatic carbocycles. The summed E-state index contributed by atoms with van der Waals surface area (Å²) >= 11 is 0. The molecule has 1 N–H and O–H groups in total. The number of anilines is 1. The lowest BCUT2D eigenvalue weighted by Gasteiger charge is -2.30. The van der Waals surface area contributed by atoms with Crippen LogP contribution >= 0.6 is 0 Å². The number of rotatable bonds is 0. The van der Waals surface area contributed by atoms with Gasteiger partial charge in [0.15, 0.2) is 5.65 Å². The van der Waals surface area contributed by atoms with Gasteiger partial charge in [-0.2, -0.15) is 5.10 Å². The Balaban J connectivity index is 1.43. The second-order valence-electron chi connectivity index (χ2n) is 9.29. The van der Waals surface area contributed by atoms with Crippen LogP contribution in [0.4, 0.5) is 10.2 Å². The van der Waals surface area contributed by atoms with Crippen molar-refractivity contribution in [3.8, 4) is 0 Å². The van der Waals surface area contributed by atoms with Gasteiger partial charge in [0.05, 0.1) is 18.4 Å². The van der Waals surface area contributed by atoms with E-state index in [0.29, 0.717) is 23.0 Å². The number of nitrogens with zero attached hydrogens (tertiary/aromatic N) is 5. The lowest BCUT2D eigenvalue weighted by molar-refractivity contribution is 0.0930. The van der Waals surface area contributed by atoms with Gasteiger partial charge >= 0.3 is 0 Å². The smallest absolute Gasteiger partial charge is 0.257 e. The van der Waals surface area contributed by atoms with Gasteiger partial charge in [-0.3, -0.25) is 9.78 Å². The summed E-state index contributed by atoms with van der Waals surface area (Å²) < 4.78 is 15.9. The van der Waals surface area contributed by atoms with E-state index in [1.54, 1.807) is 16.8 Å². The molecule has 7 rings (SSSR count). The molecule has 5 heterocycles. The first kappa shape index (κ1) is 16.7. The Morgan fingerprint density at radius 3 is 3.00 bits per heavy atom. The van der Waals surface area contributed by atoms with Crippen LogP contribution in [0.1, 0.15) is 53.3 Å². The summed E-state index contributed by atoms with van der Waals surface area (Å²) in [4.78, 5) is 24.7. The van der Waals surface area contributed by atoms with Gasteiger partial charge in [0, 0.05) is 24.0 Å². The number of pyridine rings is 1. The number of halogens is 1. The topological polar surface area (TPSA) is 75.4 Å². The molecule has 2 aliphatic heterocycles. The molecule has 1 spiro atoms. The zero-order chi connectivity index (χ0) is 20.0. The Labute approximate surface area is 172 Å². The molecular formula is C22H21FN6O. The molecule has 4 aliphatic rings. The average molecular weight is 404 g/mol. The molecule has 3 aromatic heterocycles. The Kier molecular flexibility index (Phi) is 3.10. The van der Waals surface area contributed by atoms with Crippen LogP contribution in [0, 0.1) is 17.7 Å². The molecule has 1 amide bonds. The van der Waals surface area contributed by atoms with Crippen molar-refractivity contribution in [2.45, 2.75) is 43.7 Å². The molecule has 2 saturated carbocycles. The number of amides is 1. The third-order valence-corrected chi connectivity index (χ3v) is 7.40. The third-order valence-electron chi connectivity index (χ3n) is 7.40. The van der Waals surface area contributed by atoms with Gasteiger partial charge in [-0.05, 0) is 61.6 Å². The van der Waals surface area contributed by atoms with Gasteiger partial charge in [-0.15, -0.1) is 0 Å². The highest BCUT2D eigenvalue weighted by Gasteiger charge is 2.54. The first-order chi connectivity index (χ1) is 14.6. The summed E-state index contributed by atoms with van der Waals surface area (Å²) in [5, 5.41) is 7.55. The van der Waals surface area contributed by atoms with E-state index in [9.17, 15) is 9.18 Å². The molecule has 0 radical (unpaired) electrons. The van der Waals surface area contributed by atoms with Gasteiger partial charge in [-0.25, -0.2) is 13.9 Å². The number of carbonyl (C=O) groups is 1. The van der Waals surface area contributed by atoms with Gasteiger partial charge < -0.3 is 10.2 Å².